The van der Waals surface area contributed by atoms with E-state index in [0.717, 1.165) is 5.69 Å². The molecular formula is C20H20ClFN6. The summed E-state index contributed by atoms with van der Waals surface area (Å²) in [4.78, 5) is 12.8. The molecule has 0 bridgehead atoms. The molecule has 1 aliphatic rings. The van der Waals surface area contributed by atoms with Crippen LogP contribution in [0.15, 0.2) is 54.9 Å². The van der Waals surface area contributed by atoms with Crippen LogP contribution in [0.2, 0.25) is 5.02 Å². The average molecular weight is 399 g/mol. The Bertz CT molecular complexity index is 957. The normalized spacial score (nSPS) is 14.2. The van der Waals surface area contributed by atoms with Crippen molar-refractivity contribution in [3.05, 3.63) is 65.7 Å². The van der Waals surface area contributed by atoms with E-state index in [2.05, 4.69) is 20.2 Å². The maximum atomic E-state index is 14.0. The molecule has 0 atom stereocenters. The summed E-state index contributed by atoms with van der Waals surface area (Å²) in [6, 6.07) is 14.1. The smallest absolute Gasteiger partial charge is 0.159 e. The number of nitrogens with two attached hydrogens (primary N) is 1. The second-order valence-electron chi connectivity index (χ2n) is 6.52. The highest BCUT2D eigenvalue weighted by Gasteiger charge is 2.22. The average Bonchev–Trinajstić information content (AvgIpc) is 2.72. The first-order valence-electron chi connectivity index (χ1n) is 8.99. The summed E-state index contributed by atoms with van der Waals surface area (Å²) in [7, 11) is 0. The third kappa shape index (κ3) is 3.80. The number of hydrogen-bond acceptors (Lipinski definition) is 6. The molecule has 1 aromatic heterocycles. The number of piperazine rings is 1. The Labute approximate surface area is 167 Å². The van der Waals surface area contributed by atoms with Crippen LogP contribution in [-0.2, 0) is 0 Å². The number of nitrogens with one attached hydrogen (secondary N) is 1. The highest BCUT2D eigenvalue weighted by Crippen LogP contribution is 2.30. The number of anilines is 5. The summed E-state index contributed by atoms with van der Waals surface area (Å²) in [5, 5.41) is 3.86. The van der Waals surface area contributed by atoms with Gasteiger partial charge in [-0.2, -0.15) is 0 Å². The van der Waals surface area contributed by atoms with Crippen molar-refractivity contribution in [1.29, 1.82) is 0 Å². The molecule has 0 amide bonds. The summed E-state index contributed by atoms with van der Waals surface area (Å²) in [6.07, 6.45) is 1.49. The molecule has 2 heterocycles. The van der Waals surface area contributed by atoms with E-state index >= 15 is 0 Å². The molecule has 0 spiro atoms. The highest BCUT2D eigenvalue weighted by atomic mass is 35.5. The Balaban J connectivity index is 1.48. The molecule has 0 aliphatic carbocycles. The molecule has 3 aromatic rings. The lowest BCUT2D eigenvalue weighted by molar-refractivity contribution is 0.596. The van der Waals surface area contributed by atoms with Gasteiger partial charge in [0.1, 0.15) is 17.8 Å². The van der Waals surface area contributed by atoms with Gasteiger partial charge in [0.05, 0.1) is 5.69 Å². The predicted octanol–water partition coefficient (Wildman–Crippen LogP) is 3.92. The molecule has 8 heteroatoms. The van der Waals surface area contributed by atoms with Gasteiger partial charge in [0.15, 0.2) is 11.6 Å². The van der Waals surface area contributed by atoms with E-state index in [9.17, 15) is 4.39 Å². The summed E-state index contributed by atoms with van der Waals surface area (Å²) in [5.74, 6) is 1.02. The maximum absolute atomic E-state index is 14.0. The zero-order chi connectivity index (χ0) is 19.5. The van der Waals surface area contributed by atoms with Gasteiger partial charge in [-0.15, -0.1) is 0 Å². The van der Waals surface area contributed by atoms with E-state index < -0.39 is 0 Å². The van der Waals surface area contributed by atoms with E-state index in [1.807, 2.05) is 23.1 Å². The Kier molecular flexibility index (Phi) is 5.16. The molecule has 1 saturated heterocycles. The first-order chi connectivity index (χ1) is 13.6. The summed E-state index contributed by atoms with van der Waals surface area (Å²) in [6.45, 7) is 2.75. The fourth-order valence-electron chi connectivity index (χ4n) is 3.28. The zero-order valence-corrected chi connectivity index (χ0v) is 15.9. The lowest BCUT2D eigenvalue weighted by atomic mass is 10.2. The molecule has 144 valence electrons. The fraction of sp³-hybridized carbons (Fsp3) is 0.200. The van der Waals surface area contributed by atoms with E-state index in [1.165, 1.54) is 12.4 Å². The molecule has 6 nitrogen and oxygen atoms in total. The first kappa shape index (κ1) is 18.3. The van der Waals surface area contributed by atoms with Crippen LogP contribution in [0.25, 0.3) is 0 Å². The van der Waals surface area contributed by atoms with Crippen molar-refractivity contribution in [3.8, 4) is 0 Å². The Morgan fingerprint density at radius 2 is 1.61 bits per heavy atom. The summed E-state index contributed by atoms with van der Waals surface area (Å²) in [5.41, 5.74) is 8.28. The minimum absolute atomic E-state index is 0.202. The van der Waals surface area contributed by atoms with Gasteiger partial charge in [-0.3, -0.25) is 0 Å². The van der Waals surface area contributed by atoms with Gasteiger partial charge < -0.3 is 20.9 Å². The van der Waals surface area contributed by atoms with Crippen molar-refractivity contribution in [1.82, 2.24) is 9.97 Å². The molecule has 1 aliphatic heterocycles. The SMILES string of the molecule is Nc1c(Nc2ccc(Cl)cc2)ncnc1N1CCN(c2ccccc2F)CC1. The van der Waals surface area contributed by atoms with Crippen LogP contribution >= 0.6 is 11.6 Å². The number of benzene rings is 2. The van der Waals surface area contributed by atoms with E-state index in [-0.39, 0.29) is 5.82 Å². The molecule has 3 N–H and O–H groups in total. The summed E-state index contributed by atoms with van der Waals surface area (Å²) >= 11 is 5.93. The number of para-hydroxylation sites is 1. The zero-order valence-electron chi connectivity index (χ0n) is 15.1. The second kappa shape index (κ2) is 7.90. The van der Waals surface area contributed by atoms with Crippen LogP contribution in [-0.4, -0.2) is 36.1 Å². The molecule has 28 heavy (non-hydrogen) atoms. The van der Waals surface area contributed by atoms with Gasteiger partial charge in [0.2, 0.25) is 0 Å². The minimum Gasteiger partial charge on any atom is -0.393 e. The van der Waals surface area contributed by atoms with Gasteiger partial charge >= 0.3 is 0 Å². The molecule has 0 unspecified atom stereocenters. The molecule has 4 rings (SSSR count). The van der Waals surface area contributed by atoms with Crippen LogP contribution < -0.4 is 20.9 Å². The fourth-order valence-corrected chi connectivity index (χ4v) is 3.40. The molecular weight excluding hydrogens is 379 g/mol. The number of aromatic nitrogens is 2. The minimum atomic E-state index is -0.202. The standard InChI is InChI=1S/C20H20ClFN6/c21-14-5-7-15(8-6-14)26-19-18(23)20(25-13-24-19)28-11-9-27(10-12-28)17-4-2-1-3-16(17)22/h1-8,13H,9-12,23H2,(H,24,25,26). The third-order valence-corrected chi connectivity index (χ3v) is 4.99. The van der Waals surface area contributed by atoms with E-state index in [0.29, 0.717) is 54.2 Å². The lowest BCUT2D eigenvalue weighted by Gasteiger charge is -2.37. The Morgan fingerprint density at radius 1 is 0.929 bits per heavy atom. The van der Waals surface area contributed by atoms with Crippen molar-refractivity contribution >= 4 is 40.3 Å². The van der Waals surface area contributed by atoms with Gasteiger partial charge in [-0.25, -0.2) is 14.4 Å². The number of nitrogens with zero attached hydrogens (tertiary/aromatic N) is 4. The maximum Gasteiger partial charge on any atom is 0.159 e. The molecule has 0 saturated carbocycles. The van der Waals surface area contributed by atoms with Crippen molar-refractivity contribution in [2.75, 3.05) is 47.0 Å². The third-order valence-electron chi connectivity index (χ3n) is 4.74. The number of nitrogen functional groups attached to an aromatic ring is 1. The van der Waals surface area contributed by atoms with Crippen molar-refractivity contribution in [2.24, 2.45) is 0 Å². The Morgan fingerprint density at radius 3 is 2.32 bits per heavy atom. The van der Waals surface area contributed by atoms with Crippen LogP contribution in [0.5, 0.6) is 0 Å². The largest absolute Gasteiger partial charge is 0.393 e. The van der Waals surface area contributed by atoms with Crippen molar-refractivity contribution < 1.29 is 4.39 Å². The predicted molar refractivity (Wildman–Crippen MR) is 112 cm³/mol. The molecule has 1 fully saturated rings. The number of halogens is 2. The van der Waals surface area contributed by atoms with Crippen molar-refractivity contribution in [3.63, 3.8) is 0 Å². The lowest BCUT2D eigenvalue weighted by Crippen LogP contribution is -2.47. The van der Waals surface area contributed by atoms with Crippen molar-refractivity contribution in [2.45, 2.75) is 0 Å². The van der Waals surface area contributed by atoms with Gasteiger partial charge in [-0.05, 0) is 36.4 Å². The van der Waals surface area contributed by atoms with Crippen LogP contribution in [0.1, 0.15) is 0 Å². The second-order valence-corrected chi connectivity index (χ2v) is 6.95. The van der Waals surface area contributed by atoms with Gasteiger partial charge in [0, 0.05) is 36.9 Å². The first-order valence-corrected chi connectivity index (χ1v) is 9.37. The van der Waals surface area contributed by atoms with Crippen LogP contribution in [0.3, 0.4) is 0 Å². The topological polar surface area (TPSA) is 70.3 Å². The number of hydrogen-bond donors (Lipinski definition) is 2. The molecule has 0 radical (unpaired) electrons. The molecule has 2 aromatic carbocycles. The van der Waals surface area contributed by atoms with Crippen LogP contribution in [0.4, 0.5) is 33.1 Å². The van der Waals surface area contributed by atoms with Gasteiger partial charge in [0.25, 0.3) is 0 Å². The monoisotopic (exact) mass is 398 g/mol. The Hall–Kier alpha value is -3.06. The number of rotatable bonds is 4. The van der Waals surface area contributed by atoms with Crippen LogP contribution in [0, 0.1) is 5.82 Å². The van der Waals surface area contributed by atoms with E-state index in [1.54, 1.807) is 24.3 Å². The van der Waals surface area contributed by atoms with E-state index in [4.69, 9.17) is 17.3 Å². The van der Waals surface area contributed by atoms with Gasteiger partial charge in [-0.1, -0.05) is 23.7 Å². The summed E-state index contributed by atoms with van der Waals surface area (Å²) < 4.78 is 14.0. The highest BCUT2D eigenvalue weighted by molar-refractivity contribution is 6.30. The quantitative estimate of drug-likeness (QED) is 0.694.